The van der Waals surface area contributed by atoms with Gasteiger partial charge in [-0.1, -0.05) is 6.92 Å². The van der Waals surface area contributed by atoms with E-state index >= 15 is 0 Å². The lowest BCUT2D eigenvalue weighted by molar-refractivity contribution is 0.0956. The maximum atomic E-state index is 12.1. The fraction of sp³-hybridized carbons (Fsp3) is 0.500. The van der Waals surface area contributed by atoms with Crippen LogP contribution in [0.25, 0.3) is 5.69 Å². The highest BCUT2D eigenvalue weighted by atomic mass is 32.1. The number of nitrogens with zero attached hydrogens (tertiary/aromatic N) is 4. The van der Waals surface area contributed by atoms with Gasteiger partial charge in [-0.3, -0.25) is 4.79 Å². The molecule has 0 fully saturated rings. The van der Waals surface area contributed by atoms with Crippen molar-refractivity contribution in [3.63, 3.8) is 0 Å². The molecule has 8 heteroatoms. The van der Waals surface area contributed by atoms with E-state index in [1.807, 2.05) is 18.4 Å². The monoisotopic (exact) mass is 295 g/mol. The van der Waals surface area contributed by atoms with Crippen molar-refractivity contribution >= 4 is 17.2 Å². The molecule has 1 amide bonds. The molecule has 0 saturated carbocycles. The SMILES string of the molecule is CC(CO)CCCNC(=O)c1sccc1-n1cnnn1. The van der Waals surface area contributed by atoms with Crippen LogP contribution >= 0.6 is 11.3 Å². The van der Waals surface area contributed by atoms with E-state index in [1.165, 1.54) is 22.3 Å². The van der Waals surface area contributed by atoms with E-state index in [2.05, 4.69) is 20.8 Å². The van der Waals surface area contributed by atoms with Gasteiger partial charge in [0.25, 0.3) is 5.91 Å². The molecule has 0 aromatic carbocycles. The van der Waals surface area contributed by atoms with Gasteiger partial charge in [-0.05, 0) is 40.6 Å². The van der Waals surface area contributed by atoms with Crippen LogP contribution in [0.4, 0.5) is 0 Å². The molecule has 2 aromatic heterocycles. The van der Waals surface area contributed by atoms with Crippen LogP contribution in [0.15, 0.2) is 17.8 Å². The summed E-state index contributed by atoms with van der Waals surface area (Å²) < 4.78 is 1.47. The van der Waals surface area contributed by atoms with Gasteiger partial charge in [0.2, 0.25) is 0 Å². The van der Waals surface area contributed by atoms with Gasteiger partial charge in [0.15, 0.2) is 0 Å². The molecule has 2 N–H and O–H groups in total. The molecule has 0 saturated heterocycles. The summed E-state index contributed by atoms with van der Waals surface area (Å²) >= 11 is 1.36. The van der Waals surface area contributed by atoms with Gasteiger partial charge in [0.1, 0.15) is 11.2 Å². The third-order valence-electron chi connectivity index (χ3n) is 2.92. The zero-order valence-corrected chi connectivity index (χ0v) is 12.0. The Bertz CT molecular complexity index is 540. The first-order valence-electron chi connectivity index (χ1n) is 6.42. The highest BCUT2D eigenvalue weighted by Gasteiger charge is 2.15. The van der Waals surface area contributed by atoms with E-state index in [1.54, 1.807) is 0 Å². The second-order valence-corrected chi connectivity index (χ2v) is 5.49. The Kier molecular flexibility index (Phi) is 5.19. The molecule has 7 nitrogen and oxygen atoms in total. The average Bonchev–Trinajstić information content (AvgIpc) is 3.11. The van der Waals surface area contributed by atoms with Crippen LogP contribution in [0.1, 0.15) is 29.4 Å². The number of carbonyl (C=O) groups is 1. The quantitative estimate of drug-likeness (QED) is 0.739. The maximum Gasteiger partial charge on any atom is 0.263 e. The van der Waals surface area contributed by atoms with Gasteiger partial charge in [0, 0.05) is 13.2 Å². The van der Waals surface area contributed by atoms with Crippen LogP contribution in [-0.2, 0) is 0 Å². The number of hydrogen-bond acceptors (Lipinski definition) is 6. The summed E-state index contributed by atoms with van der Waals surface area (Å²) in [5.74, 6) is 0.146. The molecule has 20 heavy (non-hydrogen) atoms. The van der Waals surface area contributed by atoms with Gasteiger partial charge in [0.05, 0.1) is 5.69 Å². The number of nitrogens with one attached hydrogen (secondary N) is 1. The number of hydrogen-bond donors (Lipinski definition) is 2. The van der Waals surface area contributed by atoms with Crippen LogP contribution in [0, 0.1) is 5.92 Å². The fourth-order valence-electron chi connectivity index (χ4n) is 1.75. The van der Waals surface area contributed by atoms with Crippen molar-refractivity contribution in [1.82, 2.24) is 25.5 Å². The van der Waals surface area contributed by atoms with Gasteiger partial charge in [-0.25, -0.2) is 0 Å². The van der Waals surface area contributed by atoms with Crippen LogP contribution in [0.5, 0.6) is 0 Å². The van der Waals surface area contributed by atoms with Crippen molar-refractivity contribution in [3.05, 3.63) is 22.7 Å². The zero-order valence-electron chi connectivity index (χ0n) is 11.2. The highest BCUT2D eigenvalue weighted by Crippen LogP contribution is 2.19. The molecule has 2 rings (SSSR count). The lowest BCUT2D eigenvalue weighted by Gasteiger charge is -2.08. The molecule has 1 atom stereocenters. The Morgan fingerprint density at radius 1 is 1.60 bits per heavy atom. The Balaban J connectivity index is 1.89. The lowest BCUT2D eigenvalue weighted by Crippen LogP contribution is -2.25. The number of thiophene rings is 1. The van der Waals surface area contributed by atoms with Crippen LogP contribution in [-0.4, -0.2) is 44.4 Å². The van der Waals surface area contributed by atoms with E-state index in [-0.39, 0.29) is 18.4 Å². The van der Waals surface area contributed by atoms with Crippen molar-refractivity contribution in [2.75, 3.05) is 13.2 Å². The standard InChI is InChI=1S/C12H17N5O2S/c1-9(7-18)3-2-5-13-12(19)11-10(4-6-20-11)17-8-14-15-16-17/h4,6,8-9,18H,2-3,5,7H2,1H3,(H,13,19). The molecule has 0 bridgehead atoms. The largest absolute Gasteiger partial charge is 0.396 e. The number of aliphatic hydroxyl groups excluding tert-OH is 1. The zero-order chi connectivity index (χ0) is 14.4. The number of aromatic nitrogens is 4. The number of aliphatic hydroxyl groups is 1. The third kappa shape index (κ3) is 3.61. The first-order valence-corrected chi connectivity index (χ1v) is 7.30. The number of tetrazole rings is 1. The lowest BCUT2D eigenvalue weighted by atomic mass is 10.1. The van der Waals surface area contributed by atoms with Crippen molar-refractivity contribution in [3.8, 4) is 5.69 Å². The summed E-state index contributed by atoms with van der Waals surface area (Å²) in [7, 11) is 0. The van der Waals surface area contributed by atoms with Crippen LogP contribution < -0.4 is 5.32 Å². The van der Waals surface area contributed by atoms with Crippen molar-refractivity contribution in [1.29, 1.82) is 0 Å². The minimum absolute atomic E-state index is 0.123. The predicted octanol–water partition coefficient (Wildman–Crippen LogP) is 0.862. The molecule has 0 aliphatic carbocycles. The fourth-order valence-corrected chi connectivity index (χ4v) is 2.54. The van der Waals surface area contributed by atoms with E-state index in [9.17, 15) is 4.79 Å². The minimum Gasteiger partial charge on any atom is -0.396 e. The van der Waals surface area contributed by atoms with E-state index in [0.717, 1.165) is 12.8 Å². The Morgan fingerprint density at radius 3 is 3.15 bits per heavy atom. The highest BCUT2D eigenvalue weighted by molar-refractivity contribution is 7.12. The van der Waals surface area contributed by atoms with Crippen LogP contribution in [0.3, 0.4) is 0 Å². The molecule has 2 aromatic rings. The normalized spacial score (nSPS) is 12.3. The molecular formula is C12H17N5O2S. The summed E-state index contributed by atoms with van der Waals surface area (Å²) in [5, 5.41) is 24.6. The second kappa shape index (κ2) is 7.11. The molecule has 1 unspecified atom stereocenters. The summed E-state index contributed by atoms with van der Waals surface area (Å²) in [6, 6.07) is 1.81. The summed E-state index contributed by atoms with van der Waals surface area (Å²) in [5.41, 5.74) is 0.682. The van der Waals surface area contributed by atoms with E-state index in [0.29, 0.717) is 17.1 Å². The molecule has 2 heterocycles. The molecule has 0 spiro atoms. The maximum absolute atomic E-state index is 12.1. The Hall–Kier alpha value is -1.80. The topological polar surface area (TPSA) is 92.9 Å². The van der Waals surface area contributed by atoms with Gasteiger partial charge in [-0.15, -0.1) is 16.4 Å². The van der Waals surface area contributed by atoms with Gasteiger partial charge in [-0.2, -0.15) is 4.68 Å². The smallest absolute Gasteiger partial charge is 0.263 e. The molecular weight excluding hydrogens is 278 g/mol. The Morgan fingerprint density at radius 2 is 2.45 bits per heavy atom. The molecule has 0 radical (unpaired) electrons. The van der Waals surface area contributed by atoms with Gasteiger partial charge < -0.3 is 10.4 Å². The van der Waals surface area contributed by atoms with E-state index in [4.69, 9.17) is 5.11 Å². The van der Waals surface area contributed by atoms with Crippen molar-refractivity contribution in [2.24, 2.45) is 5.92 Å². The second-order valence-electron chi connectivity index (χ2n) is 4.58. The summed E-state index contributed by atoms with van der Waals surface area (Å²) in [6.45, 7) is 2.76. The minimum atomic E-state index is -0.123. The molecule has 108 valence electrons. The van der Waals surface area contributed by atoms with Crippen molar-refractivity contribution in [2.45, 2.75) is 19.8 Å². The van der Waals surface area contributed by atoms with E-state index < -0.39 is 0 Å². The first kappa shape index (κ1) is 14.6. The number of amides is 1. The number of carbonyl (C=O) groups excluding carboxylic acids is 1. The Labute approximate surface area is 120 Å². The molecule has 0 aliphatic rings. The summed E-state index contributed by atoms with van der Waals surface area (Å²) in [6.07, 6.45) is 3.20. The first-order chi connectivity index (χ1) is 9.72. The summed E-state index contributed by atoms with van der Waals surface area (Å²) in [4.78, 5) is 12.7. The predicted molar refractivity (Wildman–Crippen MR) is 74.8 cm³/mol. The van der Waals surface area contributed by atoms with Gasteiger partial charge >= 0.3 is 0 Å². The third-order valence-corrected chi connectivity index (χ3v) is 3.82. The average molecular weight is 295 g/mol. The van der Waals surface area contributed by atoms with Crippen LogP contribution in [0.2, 0.25) is 0 Å². The molecule has 0 aliphatic heterocycles. The number of rotatable bonds is 7. The van der Waals surface area contributed by atoms with Crippen molar-refractivity contribution < 1.29 is 9.90 Å².